The van der Waals surface area contributed by atoms with E-state index in [1.807, 2.05) is 6.92 Å². The molecule has 0 saturated carbocycles. The Morgan fingerprint density at radius 3 is 3.00 bits per heavy atom. The van der Waals surface area contributed by atoms with E-state index in [-0.39, 0.29) is 6.10 Å². The quantitative estimate of drug-likeness (QED) is 0.661. The van der Waals surface area contributed by atoms with Crippen LogP contribution in [0.1, 0.15) is 32.6 Å². The molecule has 0 aromatic heterocycles. The molecule has 70 valence electrons. The molecule has 0 amide bonds. The monoisotopic (exact) mass is 170 g/mol. The average molecular weight is 170 g/mol. The lowest BCUT2D eigenvalue weighted by Crippen LogP contribution is -2.28. The molecular formula is C9H18N2O. The smallest absolute Gasteiger partial charge is 0.0963 e. The molecule has 0 fully saturated rings. The van der Waals surface area contributed by atoms with Crippen LogP contribution in [-0.4, -0.2) is 30.1 Å². The van der Waals surface area contributed by atoms with Crippen molar-refractivity contribution in [2.24, 2.45) is 4.99 Å². The number of rotatable bonds is 3. The molecule has 0 aromatic carbocycles. The second kappa shape index (κ2) is 5.14. The first-order chi connectivity index (χ1) is 5.79. The molecule has 1 rings (SSSR count). The molecule has 1 aliphatic heterocycles. The van der Waals surface area contributed by atoms with Gasteiger partial charge in [-0.05, 0) is 26.2 Å². The van der Waals surface area contributed by atoms with Gasteiger partial charge in [-0.1, -0.05) is 0 Å². The Hall–Kier alpha value is -0.570. The lowest BCUT2D eigenvalue weighted by Gasteiger charge is -2.14. The van der Waals surface area contributed by atoms with Gasteiger partial charge in [0.25, 0.3) is 0 Å². The summed E-state index contributed by atoms with van der Waals surface area (Å²) < 4.78 is 0. The Morgan fingerprint density at radius 1 is 1.58 bits per heavy atom. The molecule has 1 aliphatic rings. The van der Waals surface area contributed by atoms with Crippen molar-refractivity contribution in [3.63, 3.8) is 0 Å². The number of hydrogen-bond donors (Lipinski definition) is 2. The molecule has 1 unspecified atom stereocenters. The summed E-state index contributed by atoms with van der Waals surface area (Å²) in [7, 11) is 0. The van der Waals surface area contributed by atoms with Gasteiger partial charge in [0, 0.05) is 19.5 Å². The number of aliphatic imine (C=N–C) groups is 1. The molecule has 0 aliphatic carbocycles. The number of nitrogens with zero attached hydrogens (tertiary/aromatic N) is 1. The predicted molar refractivity (Wildman–Crippen MR) is 50.5 cm³/mol. The highest BCUT2D eigenvalue weighted by molar-refractivity contribution is 5.82. The second-order valence-electron chi connectivity index (χ2n) is 3.35. The van der Waals surface area contributed by atoms with Crippen LogP contribution in [0.25, 0.3) is 0 Å². The van der Waals surface area contributed by atoms with E-state index in [1.54, 1.807) is 0 Å². The molecule has 0 bridgehead atoms. The van der Waals surface area contributed by atoms with E-state index in [2.05, 4.69) is 10.3 Å². The number of nitrogens with one attached hydrogen (secondary N) is 1. The minimum Gasteiger partial charge on any atom is -0.393 e. The minimum absolute atomic E-state index is 0.207. The van der Waals surface area contributed by atoms with Crippen molar-refractivity contribution in [1.82, 2.24) is 5.32 Å². The van der Waals surface area contributed by atoms with Gasteiger partial charge in [0.05, 0.1) is 11.9 Å². The number of hydrogen-bond acceptors (Lipinski definition) is 3. The molecule has 0 aromatic rings. The van der Waals surface area contributed by atoms with Crippen LogP contribution in [0.15, 0.2) is 4.99 Å². The number of aliphatic hydroxyl groups is 1. The lowest BCUT2D eigenvalue weighted by atomic mass is 10.2. The maximum absolute atomic E-state index is 9.00. The van der Waals surface area contributed by atoms with Crippen molar-refractivity contribution in [1.29, 1.82) is 0 Å². The molecule has 1 heterocycles. The van der Waals surface area contributed by atoms with Gasteiger partial charge in [-0.3, -0.25) is 4.99 Å². The van der Waals surface area contributed by atoms with Gasteiger partial charge in [-0.2, -0.15) is 0 Å². The van der Waals surface area contributed by atoms with Gasteiger partial charge in [-0.15, -0.1) is 0 Å². The predicted octanol–water partition coefficient (Wildman–Crippen LogP) is 0.929. The average Bonchev–Trinajstić information content (AvgIpc) is 2.05. The summed E-state index contributed by atoms with van der Waals surface area (Å²) >= 11 is 0. The molecular weight excluding hydrogens is 152 g/mol. The zero-order valence-electron chi connectivity index (χ0n) is 7.71. The van der Waals surface area contributed by atoms with Crippen LogP contribution in [0.5, 0.6) is 0 Å². The van der Waals surface area contributed by atoms with Gasteiger partial charge in [-0.25, -0.2) is 0 Å². The SMILES string of the molecule is CC(O)CCNC1=NCCCC1. The summed E-state index contributed by atoms with van der Waals surface area (Å²) in [5.74, 6) is 1.13. The van der Waals surface area contributed by atoms with E-state index in [0.29, 0.717) is 0 Å². The Labute approximate surface area is 73.9 Å². The van der Waals surface area contributed by atoms with Gasteiger partial charge >= 0.3 is 0 Å². The van der Waals surface area contributed by atoms with Crippen molar-refractivity contribution in [3.05, 3.63) is 0 Å². The second-order valence-corrected chi connectivity index (χ2v) is 3.35. The molecule has 3 nitrogen and oxygen atoms in total. The molecule has 0 spiro atoms. The normalized spacial score (nSPS) is 20.0. The van der Waals surface area contributed by atoms with Gasteiger partial charge in [0.1, 0.15) is 0 Å². The Kier molecular flexibility index (Phi) is 4.08. The zero-order chi connectivity index (χ0) is 8.81. The van der Waals surface area contributed by atoms with Crippen molar-refractivity contribution >= 4 is 5.84 Å². The van der Waals surface area contributed by atoms with E-state index >= 15 is 0 Å². The van der Waals surface area contributed by atoms with Crippen LogP contribution in [-0.2, 0) is 0 Å². The van der Waals surface area contributed by atoms with E-state index in [4.69, 9.17) is 5.11 Å². The third kappa shape index (κ3) is 3.72. The zero-order valence-corrected chi connectivity index (χ0v) is 7.71. The maximum atomic E-state index is 9.00. The first-order valence-corrected chi connectivity index (χ1v) is 4.74. The van der Waals surface area contributed by atoms with Crippen LogP contribution in [0.4, 0.5) is 0 Å². The number of amidine groups is 1. The fourth-order valence-corrected chi connectivity index (χ4v) is 1.27. The van der Waals surface area contributed by atoms with E-state index < -0.39 is 0 Å². The van der Waals surface area contributed by atoms with Crippen molar-refractivity contribution in [2.45, 2.75) is 38.7 Å². The van der Waals surface area contributed by atoms with Crippen LogP contribution in [0.3, 0.4) is 0 Å². The maximum Gasteiger partial charge on any atom is 0.0963 e. The molecule has 0 radical (unpaired) electrons. The summed E-state index contributed by atoms with van der Waals surface area (Å²) in [6, 6.07) is 0. The fraction of sp³-hybridized carbons (Fsp3) is 0.889. The first kappa shape index (κ1) is 9.52. The molecule has 2 N–H and O–H groups in total. The highest BCUT2D eigenvalue weighted by Gasteiger charge is 2.03. The Balaban J connectivity index is 2.09. The van der Waals surface area contributed by atoms with E-state index in [1.165, 1.54) is 12.8 Å². The summed E-state index contributed by atoms with van der Waals surface area (Å²) in [4.78, 5) is 4.35. The molecule has 12 heavy (non-hydrogen) atoms. The van der Waals surface area contributed by atoms with Gasteiger partial charge in [0.2, 0.25) is 0 Å². The van der Waals surface area contributed by atoms with Gasteiger partial charge < -0.3 is 10.4 Å². The lowest BCUT2D eigenvalue weighted by molar-refractivity contribution is 0.185. The minimum atomic E-state index is -0.207. The van der Waals surface area contributed by atoms with Crippen molar-refractivity contribution < 1.29 is 5.11 Å². The summed E-state index contributed by atoms with van der Waals surface area (Å²) in [6.45, 7) is 3.62. The van der Waals surface area contributed by atoms with E-state index in [9.17, 15) is 0 Å². The number of aliphatic hydroxyl groups excluding tert-OH is 1. The fourth-order valence-electron chi connectivity index (χ4n) is 1.27. The largest absolute Gasteiger partial charge is 0.393 e. The highest BCUT2D eigenvalue weighted by Crippen LogP contribution is 2.03. The van der Waals surface area contributed by atoms with Crippen LogP contribution >= 0.6 is 0 Å². The first-order valence-electron chi connectivity index (χ1n) is 4.74. The van der Waals surface area contributed by atoms with Gasteiger partial charge in [0.15, 0.2) is 0 Å². The Bertz CT molecular complexity index is 155. The van der Waals surface area contributed by atoms with Crippen molar-refractivity contribution in [2.75, 3.05) is 13.1 Å². The van der Waals surface area contributed by atoms with Crippen molar-refractivity contribution in [3.8, 4) is 0 Å². The molecule has 3 heteroatoms. The Morgan fingerprint density at radius 2 is 2.42 bits per heavy atom. The van der Waals surface area contributed by atoms with Crippen LogP contribution < -0.4 is 5.32 Å². The summed E-state index contributed by atoms with van der Waals surface area (Å²) in [5, 5.41) is 12.2. The standard InChI is InChI=1S/C9H18N2O/c1-8(12)5-7-11-9-4-2-3-6-10-9/h8,12H,2-7H2,1H3,(H,10,11). The third-order valence-corrected chi connectivity index (χ3v) is 2.02. The topological polar surface area (TPSA) is 44.6 Å². The van der Waals surface area contributed by atoms with E-state index in [0.717, 1.165) is 31.8 Å². The molecule has 1 atom stereocenters. The summed E-state index contributed by atoms with van der Waals surface area (Å²) in [5.41, 5.74) is 0. The third-order valence-electron chi connectivity index (χ3n) is 2.02. The highest BCUT2D eigenvalue weighted by atomic mass is 16.3. The summed E-state index contributed by atoms with van der Waals surface area (Å²) in [6.07, 6.45) is 4.16. The van der Waals surface area contributed by atoms with Crippen LogP contribution in [0, 0.1) is 0 Å². The molecule has 0 saturated heterocycles. The van der Waals surface area contributed by atoms with Crippen LogP contribution in [0.2, 0.25) is 0 Å².